The van der Waals surface area contributed by atoms with Crippen molar-refractivity contribution in [1.82, 2.24) is 15.0 Å². The van der Waals surface area contributed by atoms with Gasteiger partial charge in [0.1, 0.15) is 5.82 Å². The van der Waals surface area contributed by atoms with Gasteiger partial charge in [-0.2, -0.15) is 4.98 Å². The molecule has 0 bridgehead atoms. The zero-order chi connectivity index (χ0) is 23.5. The van der Waals surface area contributed by atoms with Crippen LogP contribution < -0.4 is 0 Å². The molecule has 0 aliphatic rings. The minimum absolute atomic E-state index is 0.143. The molecule has 3 aromatic carbocycles. The molecule has 1 heterocycles. The number of hydrogen-bond donors (Lipinski definition) is 1. The van der Waals surface area contributed by atoms with E-state index >= 15 is 0 Å². The third-order valence-corrected chi connectivity index (χ3v) is 5.41. The zero-order valence-corrected chi connectivity index (χ0v) is 18.7. The Morgan fingerprint density at radius 2 is 1.76 bits per heavy atom. The van der Waals surface area contributed by atoms with Gasteiger partial charge in [-0.3, -0.25) is 9.69 Å². The van der Waals surface area contributed by atoms with Gasteiger partial charge in [0.2, 0.25) is 5.82 Å². The Hall–Kier alpha value is -3.84. The standard InChI is InChI=1S/C26H24FN3O3/c1-16-6-4-5-7-22(16)23-9-8-19(10-17(23)2)26-28-25(29-33-26)20-11-18(12-21(27)13-20)14-30(3)15-24(31)32/h4-13H,14-15H2,1-3H3,(H,31,32). The van der Waals surface area contributed by atoms with E-state index in [-0.39, 0.29) is 18.9 Å². The molecule has 1 aromatic heterocycles. The quantitative estimate of drug-likeness (QED) is 0.414. The number of aromatic nitrogens is 2. The molecule has 0 fully saturated rings. The van der Waals surface area contributed by atoms with Gasteiger partial charge >= 0.3 is 5.97 Å². The predicted molar refractivity (Wildman–Crippen MR) is 124 cm³/mol. The Bertz CT molecular complexity index is 1320. The maximum absolute atomic E-state index is 14.2. The van der Waals surface area contributed by atoms with Crippen molar-refractivity contribution in [3.8, 4) is 34.0 Å². The Balaban J connectivity index is 1.60. The van der Waals surface area contributed by atoms with Crippen LogP contribution in [0.1, 0.15) is 16.7 Å². The molecule has 0 spiro atoms. The van der Waals surface area contributed by atoms with Gasteiger partial charge in [0.15, 0.2) is 0 Å². The van der Waals surface area contributed by atoms with E-state index in [1.165, 1.54) is 23.3 Å². The van der Waals surface area contributed by atoms with E-state index in [1.807, 2.05) is 37.3 Å². The smallest absolute Gasteiger partial charge is 0.317 e. The van der Waals surface area contributed by atoms with Gasteiger partial charge in [-0.05, 0) is 79.0 Å². The van der Waals surface area contributed by atoms with Crippen molar-refractivity contribution in [1.29, 1.82) is 0 Å². The normalized spacial score (nSPS) is 11.2. The van der Waals surface area contributed by atoms with Crippen LogP contribution in [-0.2, 0) is 11.3 Å². The Morgan fingerprint density at radius 3 is 2.48 bits per heavy atom. The summed E-state index contributed by atoms with van der Waals surface area (Å²) < 4.78 is 19.7. The lowest BCUT2D eigenvalue weighted by atomic mass is 9.95. The lowest BCUT2D eigenvalue weighted by molar-refractivity contribution is -0.138. The molecule has 0 saturated heterocycles. The molecule has 168 valence electrons. The molecule has 0 aliphatic heterocycles. The fourth-order valence-corrected chi connectivity index (χ4v) is 3.90. The van der Waals surface area contributed by atoms with Gasteiger partial charge in [-0.15, -0.1) is 0 Å². The summed E-state index contributed by atoms with van der Waals surface area (Å²) in [7, 11) is 1.66. The summed E-state index contributed by atoms with van der Waals surface area (Å²) in [6.45, 7) is 4.26. The number of halogens is 1. The molecule has 0 amide bonds. The number of carboxylic acid groups (broad SMARTS) is 1. The number of rotatable bonds is 7. The van der Waals surface area contributed by atoms with Crippen LogP contribution in [0.15, 0.2) is 65.2 Å². The van der Waals surface area contributed by atoms with Crippen LogP contribution in [0.3, 0.4) is 0 Å². The minimum atomic E-state index is -0.944. The highest BCUT2D eigenvalue weighted by Gasteiger charge is 2.15. The van der Waals surface area contributed by atoms with Crippen molar-refractivity contribution in [3.05, 3.63) is 83.2 Å². The van der Waals surface area contributed by atoms with Crippen molar-refractivity contribution in [2.24, 2.45) is 0 Å². The molecule has 4 rings (SSSR count). The van der Waals surface area contributed by atoms with Crippen LogP contribution in [0, 0.1) is 19.7 Å². The molecule has 4 aromatic rings. The summed E-state index contributed by atoms with van der Waals surface area (Å²) in [6, 6.07) is 18.6. The number of carboxylic acids is 1. The number of benzene rings is 3. The monoisotopic (exact) mass is 445 g/mol. The fourth-order valence-electron chi connectivity index (χ4n) is 3.90. The van der Waals surface area contributed by atoms with Crippen LogP contribution in [0.25, 0.3) is 34.0 Å². The number of aryl methyl sites for hydroxylation is 2. The highest BCUT2D eigenvalue weighted by Crippen LogP contribution is 2.31. The van der Waals surface area contributed by atoms with E-state index < -0.39 is 11.8 Å². The summed E-state index contributed by atoms with van der Waals surface area (Å²) in [5.41, 5.74) is 6.46. The zero-order valence-electron chi connectivity index (χ0n) is 18.7. The van der Waals surface area contributed by atoms with Crippen LogP contribution in [0.5, 0.6) is 0 Å². The van der Waals surface area contributed by atoms with E-state index in [2.05, 4.69) is 29.2 Å². The van der Waals surface area contributed by atoms with Gasteiger partial charge in [-0.1, -0.05) is 35.5 Å². The SMILES string of the molecule is Cc1ccccc1-c1ccc(-c2nc(-c3cc(F)cc(CN(C)CC(=O)O)c3)no2)cc1C. The van der Waals surface area contributed by atoms with Gasteiger partial charge in [0.25, 0.3) is 5.89 Å². The van der Waals surface area contributed by atoms with Crippen molar-refractivity contribution < 1.29 is 18.8 Å². The van der Waals surface area contributed by atoms with Crippen molar-refractivity contribution in [3.63, 3.8) is 0 Å². The lowest BCUT2D eigenvalue weighted by Crippen LogP contribution is -2.25. The second-order valence-corrected chi connectivity index (χ2v) is 8.18. The first kappa shape index (κ1) is 22.4. The van der Waals surface area contributed by atoms with Crippen LogP contribution >= 0.6 is 0 Å². The van der Waals surface area contributed by atoms with Gasteiger partial charge < -0.3 is 9.63 Å². The fraction of sp³-hybridized carbons (Fsp3) is 0.192. The summed E-state index contributed by atoms with van der Waals surface area (Å²) in [4.78, 5) is 16.9. The molecule has 0 atom stereocenters. The van der Waals surface area contributed by atoms with Crippen molar-refractivity contribution in [2.45, 2.75) is 20.4 Å². The van der Waals surface area contributed by atoms with Crippen molar-refractivity contribution >= 4 is 5.97 Å². The molecule has 33 heavy (non-hydrogen) atoms. The molecular weight excluding hydrogens is 421 g/mol. The second-order valence-electron chi connectivity index (χ2n) is 8.18. The molecule has 0 radical (unpaired) electrons. The average Bonchev–Trinajstić information content (AvgIpc) is 3.24. The van der Waals surface area contributed by atoms with E-state index in [0.717, 1.165) is 16.7 Å². The van der Waals surface area contributed by atoms with E-state index in [0.29, 0.717) is 17.0 Å². The van der Waals surface area contributed by atoms with Crippen LogP contribution in [0.4, 0.5) is 4.39 Å². The third kappa shape index (κ3) is 5.15. The number of aliphatic carboxylic acids is 1. The topological polar surface area (TPSA) is 79.5 Å². The molecule has 0 saturated carbocycles. The molecule has 1 N–H and O–H groups in total. The maximum Gasteiger partial charge on any atom is 0.317 e. The molecule has 0 unspecified atom stereocenters. The van der Waals surface area contributed by atoms with E-state index in [1.54, 1.807) is 18.0 Å². The number of nitrogens with zero attached hydrogens (tertiary/aromatic N) is 3. The Kier molecular flexibility index (Phi) is 6.33. The summed E-state index contributed by atoms with van der Waals surface area (Å²) in [5, 5.41) is 13.0. The number of likely N-dealkylation sites (N-methyl/N-ethyl adjacent to an activating group) is 1. The Labute approximate surface area is 191 Å². The van der Waals surface area contributed by atoms with E-state index in [9.17, 15) is 9.18 Å². The maximum atomic E-state index is 14.2. The van der Waals surface area contributed by atoms with Gasteiger partial charge in [-0.25, -0.2) is 4.39 Å². The summed E-state index contributed by atoms with van der Waals surface area (Å²) in [5.74, 6) is -0.776. The van der Waals surface area contributed by atoms with Crippen LogP contribution in [-0.4, -0.2) is 39.7 Å². The summed E-state index contributed by atoms with van der Waals surface area (Å²) in [6.07, 6.45) is 0. The van der Waals surface area contributed by atoms with Crippen molar-refractivity contribution in [2.75, 3.05) is 13.6 Å². The molecule has 6 nitrogen and oxygen atoms in total. The predicted octanol–water partition coefficient (Wildman–Crippen LogP) is 5.34. The summed E-state index contributed by atoms with van der Waals surface area (Å²) >= 11 is 0. The highest BCUT2D eigenvalue weighted by molar-refractivity contribution is 5.73. The largest absolute Gasteiger partial charge is 0.480 e. The Morgan fingerprint density at radius 1 is 1.00 bits per heavy atom. The molecule has 7 heteroatoms. The van der Waals surface area contributed by atoms with Gasteiger partial charge in [0.05, 0.1) is 6.54 Å². The molecular formula is C26H24FN3O3. The van der Waals surface area contributed by atoms with E-state index in [4.69, 9.17) is 9.63 Å². The first-order chi connectivity index (χ1) is 15.8. The first-order valence-corrected chi connectivity index (χ1v) is 10.5. The average molecular weight is 445 g/mol. The molecule has 0 aliphatic carbocycles. The highest BCUT2D eigenvalue weighted by atomic mass is 19.1. The van der Waals surface area contributed by atoms with Crippen LogP contribution in [0.2, 0.25) is 0 Å². The lowest BCUT2D eigenvalue weighted by Gasteiger charge is -2.14. The number of carbonyl (C=O) groups is 1. The number of hydrogen-bond acceptors (Lipinski definition) is 5. The first-order valence-electron chi connectivity index (χ1n) is 10.5. The third-order valence-electron chi connectivity index (χ3n) is 5.41. The second kappa shape index (κ2) is 9.34. The van der Waals surface area contributed by atoms with Gasteiger partial charge in [0, 0.05) is 17.7 Å². The minimum Gasteiger partial charge on any atom is -0.480 e.